The molecule has 27 heavy (non-hydrogen) atoms. The minimum atomic E-state index is -5.14. The Morgan fingerprint density at radius 2 is 1.59 bits per heavy atom. The van der Waals surface area contributed by atoms with Gasteiger partial charge in [0, 0.05) is 5.69 Å². The maximum absolute atomic E-state index is 14.1. The van der Waals surface area contributed by atoms with E-state index in [-0.39, 0.29) is 6.61 Å². The van der Waals surface area contributed by atoms with E-state index < -0.39 is 29.3 Å². The lowest BCUT2D eigenvalue weighted by Gasteiger charge is -2.34. The molecule has 0 heterocycles. The van der Waals surface area contributed by atoms with Crippen LogP contribution in [0.2, 0.25) is 0 Å². The van der Waals surface area contributed by atoms with Crippen LogP contribution in [0.5, 0.6) is 0 Å². The fraction of sp³-hybridized carbons (Fsp3) is 0.263. The average Bonchev–Trinajstić information content (AvgIpc) is 2.61. The Balaban J connectivity index is 2.47. The number of carbonyl (C=O) groups is 2. The number of alkyl halides is 3. The molecule has 8 heteroatoms. The van der Waals surface area contributed by atoms with Crippen molar-refractivity contribution >= 4 is 17.7 Å². The number of rotatable bonds is 5. The van der Waals surface area contributed by atoms with Crippen LogP contribution in [0, 0.1) is 6.92 Å². The van der Waals surface area contributed by atoms with E-state index in [0.717, 1.165) is 12.1 Å². The molecule has 0 aliphatic heterocycles. The number of para-hydroxylation sites is 1. The highest BCUT2D eigenvalue weighted by atomic mass is 19.4. The molecule has 144 valence electrons. The zero-order valence-corrected chi connectivity index (χ0v) is 14.8. The van der Waals surface area contributed by atoms with E-state index in [1.165, 1.54) is 31.2 Å². The van der Waals surface area contributed by atoms with Crippen molar-refractivity contribution in [1.29, 1.82) is 0 Å². The molecule has 1 unspecified atom stereocenters. The standard InChI is InChI=1S/C19H19F3N2O3/c1-3-27-16(25)18(19(20,21)22,14-10-5-4-6-11-14)24-17(26)23-15-12-8-7-9-13(15)2/h4-12H,3H2,1-2H3,(H2,23,24,26). The number of aryl methyl sites for hydroxylation is 1. The molecule has 1 atom stereocenters. The van der Waals surface area contributed by atoms with Crippen molar-refractivity contribution < 1.29 is 27.5 Å². The van der Waals surface area contributed by atoms with E-state index >= 15 is 0 Å². The Labute approximate surface area is 154 Å². The van der Waals surface area contributed by atoms with Gasteiger partial charge >= 0.3 is 18.2 Å². The van der Waals surface area contributed by atoms with Crippen molar-refractivity contribution in [1.82, 2.24) is 5.32 Å². The summed E-state index contributed by atoms with van der Waals surface area (Å²) in [5.74, 6) is -1.61. The highest BCUT2D eigenvalue weighted by Gasteiger charge is 2.64. The van der Waals surface area contributed by atoms with Gasteiger partial charge in [-0.05, 0) is 31.0 Å². The highest BCUT2D eigenvalue weighted by molar-refractivity contribution is 5.96. The fourth-order valence-electron chi connectivity index (χ4n) is 2.56. The minimum absolute atomic E-state index is 0.273. The van der Waals surface area contributed by atoms with Crippen LogP contribution < -0.4 is 10.6 Å². The van der Waals surface area contributed by atoms with Gasteiger partial charge in [0.25, 0.3) is 5.54 Å². The van der Waals surface area contributed by atoms with Crippen LogP contribution in [-0.4, -0.2) is 24.8 Å². The van der Waals surface area contributed by atoms with Gasteiger partial charge in [-0.1, -0.05) is 48.5 Å². The molecule has 0 radical (unpaired) electrons. The zero-order chi connectivity index (χ0) is 20.1. The van der Waals surface area contributed by atoms with Gasteiger partial charge in [0.05, 0.1) is 6.61 Å². The molecule has 0 saturated carbocycles. The largest absolute Gasteiger partial charge is 0.464 e. The summed E-state index contributed by atoms with van der Waals surface area (Å²) < 4.78 is 46.9. The van der Waals surface area contributed by atoms with Gasteiger partial charge in [0.2, 0.25) is 0 Å². The topological polar surface area (TPSA) is 67.4 Å². The van der Waals surface area contributed by atoms with Crippen LogP contribution in [0.15, 0.2) is 54.6 Å². The van der Waals surface area contributed by atoms with Gasteiger partial charge in [-0.2, -0.15) is 13.2 Å². The molecule has 2 rings (SSSR count). The highest BCUT2D eigenvalue weighted by Crippen LogP contribution is 2.40. The van der Waals surface area contributed by atoms with Gasteiger partial charge < -0.3 is 15.4 Å². The van der Waals surface area contributed by atoms with E-state index in [1.54, 1.807) is 30.4 Å². The van der Waals surface area contributed by atoms with Gasteiger partial charge in [0.1, 0.15) is 0 Å². The molecule has 0 fully saturated rings. The van der Waals surface area contributed by atoms with Gasteiger partial charge in [-0.25, -0.2) is 9.59 Å². The van der Waals surface area contributed by atoms with Gasteiger partial charge in [-0.3, -0.25) is 0 Å². The summed E-state index contributed by atoms with van der Waals surface area (Å²) >= 11 is 0. The minimum Gasteiger partial charge on any atom is -0.464 e. The molecule has 2 N–H and O–H groups in total. The van der Waals surface area contributed by atoms with Crippen LogP contribution in [-0.2, 0) is 15.1 Å². The number of nitrogens with one attached hydrogen (secondary N) is 2. The van der Waals surface area contributed by atoms with Gasteiger partial charge in [0.15, 0.2) is 0 Å². The van der Waals surface area contributed by atoms with E-state index in [1.807, 2.05) is 0 Å². The number of benzene rings is 2. The van der Waals surface area contributed by atoms with Crippen molar-refractivity contribution in [3.8, 4) is 0 Å². The molecular formula is C19H19F3N2O3. The molecule has 0 aliphatic rings. The first kappa shape index (κ1) is 20.3. The zero-order valence-electron chi connectivity index (χ0n) is 14.8. The quantitative estimate of drug-likeness (QED) is 0.767. The average molecular weight is 380 g/mol. The van der Waals surface area contributed by atoms with Crippen molar-refractivity contribution in [3.05, 3.63) is 65.7 Å². The maximum Gasteiger partial charge on any atom is 0.426 e. The predicted molar refractivity (Wildman–Crippen MR) is 94.1 cm³/mol. The number of ether oxygens (including phenoxy) is 1. The van der Waals surface area contributed by atoms with Crippen molar-refractivity contribution in [2.24, 2.45) is 0 Å². The monoisotopic (exact) mass is 380 g/mol. The first-order valence-electron chi connectivity index (χ1n) is 8.16. The normalized spacial score (nSPS) is 13.4. The lowest BCUT2D eigenvalue weighted by atomic mass is 9.89. The molecule has 2 aromatic carbocycles. The van der Waals surface area contributed by atoms with Crippen LogP contribution in [0.25, 0.3) is 0 Å². The predicted octanol–water partition coefficient (Wildman–Crippen LogP) is 4.14. The second-order valence-electron chi connectivity index (χ2n) is 5.73. The van der Waals surface area contributed by atoms with E-state index in [2.05, 4.69) is 10.1 Å². The van der Waals surface area contributed by atoms with E-state index in [9.17, 15) is 22.8 Å². The molecule has 0 bridgehead atoms. The number of carbonyl (C=O) groups excluding carboxylic acids is 2. The number of hydrogen-bond acceptors (Lipinski definition) is 3. The summed E-state index contributed by atoms with van der Waals surface area (Å²) in [6.07, 6.45) is -5.14. The lowest BCUT2D eigenvalue weighted by Crippen LogP contribution is -2.62. The summed E-state index contributed by atoms with van der Waals surface area (Å²) in [5, 5.41) is 4.14. The summed E-state index contributed by atoms with van der Waals surface area (Å²) in [4.78, 5) is 24.8. The third kappa shape index (κ3) is 4.21. The number of amides is 2. The first-order valence-corrected chi connectivity index (χ1v) is 8.16. The van der Waals surface area contributed by atoms with Crippen LogP contribution in [0.1, 0.15) is 18.1 Å². The number of esters is 1. The molecule has 0 saturated heterocycles. The lowest BCUT2D eigenvalue weighted by molar-refractivity contribution is -0.213. The van der Waals surface area contributed by atoms with Crippen LogP contribution in [0.4, 0.5) is 23.7 Å². The molecule has 0 aromatic heterocycles. The Morgan fingerprint density at radius 1 is 1.00 bits per heavy atom. The van der Waals surface area contributed by atoms with Gasteiger partial charge in [-0.15, -0.1) is 0 Å². The second-order valence-corrected chi connectivity index (χ2v) is 5.73. The molecular weight excluding hydrogens is 361 g/mol. The number of urea groups is 1. The van der Waals surface area contributed by atoms with Crippen molar-refractivity contribution in [2.75, 3.05) is 11.9 Å². The third-order valence-corrected chi connectivity index (χ3v) is 3.91. The van der Waals surface area contributed by atoms with Crippen LogP contribution >= 0.6 is 0 Å². The van der Waals surface area contributed by atoms with Crippen molar-refractivity contribution in [3.63, 3.8) is 0 Å². The summed E-state index contributed by atoms with van der Waals surface area (Å²) in [6, 6.07) is 11.8. The first-order chi connectivity index (χ1) is 12.7. The summed E-state index contributed by atoms with van der Waals surface area (Å²) in [5.41, 5.74) is -2.81. The number of hydrogen-bond donors (Lipinski definition) is 2. The summed E-state index contributed by atoms with van der Waals surface area (Å²) in [7, 11) is 0. The molecule has 5 nitrogen and oxygen atoms in total. The molecule has 0 aliphatic carbocycles. The second kappa shape index (κ2) is 8.11. The molecule has 0 spiro atoms. The maximum atomic E-state index is 14.1. The van der Waals surface area contributed by atoms with E-state index in [4.69, 9.17) is 0 Å². The summed E-state index contributed by atoms with van der Waals surface area (Å²) in [6.45, 7) is 2.80. The number of anilines is 1. The Bertz CT molecular complexity index is 809. The Kier molecular flexibility index (Phi) is 6.09. The van der Waals surface area contributed by atoms with Crippen LogP contribution in [0.3, 0.4) is 0 Å². The SMILES string of the molecule is CCOC(=O)C(NC(=O)Nc1ccccc1C)(c1ccccc1)C(F)(F)F. The third-order valence-electron chi connectivity index (χ3n) is 3.91. The molecule has 2 aromatic rings. The fourth-order valence-corrected chi connectivity index (χ4v) is 2.56. The molecule has 2 amide bonds. The van der Waals surface area contributed by atoms with Crippen molar-refractivity contribution in [2.45, 2.75) is 25.6 Å². The number of halogens is 3. The smallest absolute Gasteiger partial charge is 0.426 e. The Morgan fingerprint density at radius 3 is 2.15 bits per heavy atom. The van der Waals surface area contributed by atoms with E-state index in [0.29, 0.717) is 11.3 Å². The Hall–Kier alpha value is -3.03.